The van der Waals surface area contributed by atoms with Crippen molar-refractivity contribution >= 4 is 0 Å². The fourth-order valence-electron chi connectivity index (χ4n) is 0. The van der Waals surface area contributed by atoms with Crippen LogP contribution in [0.2, 0.25) is 0 Å². The first-order chi connectivity index (χ1) is 2.00. The molecule has 0 spiro atoms. The fraction of sp³-hybridized carbons (Fsp3) is 0. The molecule has 0 aromatic carbocycles. The Labute approximate surface area is 30.9 Å². The van der Waals surface area contributed by atoms with Crippen molar-refractivity contribution in [2.75, 3.05) is 0 Å². The van der Waals surface area contributed by atoms with E-state index in [1.165, 1.54) is 0 Å². The second kappa shape index (κ2) is 1.21. The van der Waals surface area contributed by atoms with Crippen molar-refractivity contribution in [2.24, 2.45) is 0 Å². The number of rotatable bonds is 0. The van der Waals surface area contributed by atoms with Gasteiger partial charge in [0, 0.05) is 0 Å². The van der Waals surface area contributed by atoms with Crippen LogP contribution in [-0.4, -0.2) is 0 Å². The maximum atomic E-state index is 9.91. The van der Waals surface area contributed by atoms with Gasteiger partial charge in [-0.15, -0.1) is 0 Å². The molecule has 5 heteroatoms. The molecule has 0 N–H and O–H groups in total. The van der Waals surface area contributed by atoms with Crippen molar-refractivity contribution in [3.8, 4) is 0 Å². The molecule has 5 heavy (non-hydrogen) atoms. The molecular formula is F4Zn. The second-order valence-corrected chi connectivity index (χ2v) is 3.15. The van der Waals surface area contributed by atoms with E-state index >= 15 is 0 Å². The molecule has 0 atom stereocenters. The Balaban J connectivity index is 3.02. The SMILES string of the molecule is [F][Zn]([F])([F])[F]. The summed E-state index contributed by atoms with van der Waals surface area (Å²) in [5, 5.41) is 0. The van der Waals surface area contributed by atoms with E-state index in [9.17, 15) is 13.3 Å². The molecule has 0 fully saturated rings. The van der Waals surface area contributed by atoms with E-state index in [0.717, 1.165) is 0 Å². The minimum atomic E-state index is -7.25. The first-order valence-electron chi connectivity index (χ1n) is 1.07. The van der Waals surface area contributed by atoms with Crippen LogP contribution in [0.1, 0.15) is 0 Å². The number of halogens is 4. The van der Waals surface area contributed by atoms with Gasteiger partial charge in [-0.05, 0) is 0 Å². The van der Waals surface area contributed by atoms with E-state index in [-0.39, 0.29) is 0 Å². The molecule has 0 saturated carbocycles. The van der Waals surface area contributed by atoms with Crippen LogP contribution in [-0.2, 0) is 16.8 Å². The molecule has 0 aliphatic heterocycles. The quantitative estimate of drug-likeness (QED) is 0.356. The Bertz CT molecular complexity index is 19.1. The van der Waals surface area contributed by atoms with E-state index < -0.39 is 16.8 Å². The van der Waals surface area contributed by atoms with Gasteiger partial charge in [0.15, 0.2) is 0 Å². The molecule has 0 radical (unpaired) electrons. The normalized spacial score (nSPS) is 8.80. The topological polar surface area (TPSA) is 0 Å². The van der Waals surface area contributed by atoms with Gasteiger partial charge in [-0.2, -0.15) is 0 Å². The second-order valence-electron chi connectivity index (χ2n) is 0.606. The van der Waals surface area contributed by atoms with Crippen LogP contribution in [0.4, 0.5) is 13.3 Å². The summed E-state index contributed by atoms with van der Waals surface area (Å²) in [6.07, 6.45) is 0. The van der Waals surface area contributed by atoms with Crippen LogP contribution in [0.5, 0.6) is 0 Å². The van der Waals surface area contributed by atoms with Gasteiger partial charge in [-0.25, -0.2) is 0 Å². The zero-order chi connectivity index (χ0) is 4.50. The van der Waals surface area contributed by atoms with Gasteiger partial charge in [0.2, 0.25) is 0 Å². The molecule has 0 nitrogen and oxygen atoms in total. The molecular weight excluding hydrogens is 141 g/mol. The predicted octanol–water partition coefficient (Wildman–Crippen LogP) is 1.68. The van der Waals surface area contributed by atoms with Crippen molar-refractivity contribution in [1.29, 1.82) is 0 Å². The molecule has 0 amide bonds. The summed E-state index contributed by atoms with van der Waals surface area (Å²) in [6.45, 7) is 0. The molecule has 0 aromatic rings. The summed E-state index contributed by atoms with van der Waals surface area (Å²) in [7, 11) is 0. The minimum absolute atomic E-state index is 7.25. The van der Waals surface area contributed by atoms with E-state index in [1.54, 1.807) is 0 Å². The van der Waals surface area contributed by atoms with Crippen LogP contribution >= 0.6 is 0 Å². The van der Waals surface area contributed by atoms with E-state index in [2.05, 4.69) is 0 Å². The van der Waals surface area contributed by atoms with Crippen LogP contribution < -0.4 is 0 Å². The Kier molecular flexibility index (Phi) is 1.29. The van der Waals surface area contributed by atoms with Gasteiger partial charge in [-0.3, -0.25) is 0 Å². The van der Waals surface area contributed by atoms with Gasteiger partial charge < -0.3 is 0 Å². The third kappa shape index (κ3) is 202. The first-order valence-corrected chi connectivity index (χ1v) is 5.55. The zero-order valence-corrected chi connectivity index (χ0v) is 5.19. The van der Waals surface area contributed by atoms with Crippen LogP contribution in [0.25, 0.3) is 0 Å². The molecule has 0 saturated heterocycles. The number of hydrogen-bond donors (Lipinski definition) is 0. The molecule has 0 heterocycles. The first kappa shape index (κ1) is 5.34. The molecule has 0 aliphatic carbocycles. The maximum absolute atomic E-state index is 9.91. The molecule has 0 unspecified atom stereocenters. The summed E-state index contributed by atoms with van der Waals surface area (Å²) in [5.74, 6) is 0. The monoisotopic (exact) mass is 140 g/mol. The van der Waals surface area contributed by atoms with E-state index in [4.69, 9.17) is 0 Å². The standard InChI is InChI=1S/4FH.Zn/h4*1H;/q;;;;+4/p-4. The fourth-order valence-corrected chi connectivity index (χ4v) is 0. The van der Waals surface area contributed by atoms with Gasteiger partial charge in [-0.1, -0.05) is 0 Å². The Morgan fingerprint density at radius 3 is 0.800 bits per heavy atom. The summed E-state index contributed by atoms with van der Waals surface area (Å²) in [4.78, 5) is 0. The van der Waals surface area contributed by atoms with Gasteiger partial charge in [0.25, 0.3) is 0 Å². The third-order valence-corrected chi connectivity index (χ3v) is 0. The summed E-state index contributed by atoms with van der Waals surface area (Å²) in [5.41, 5.74) is 0. The van der Waals surface area contributed by atoms with Gasteiger partial charge >= 0.3 is 30.0 Å². The van der Waals surface area contributed by atoms with Crippen molar-refractivity contribution in [3.05, 3.63) is 0 Å². The van der Waals surface area contributed by atoms with E-state index in [0.29, 0.717) is 0 Å². The predicted molar refractivity (Wildman–Crippen MR) is 4.43 cm³/mol. The molecule has 0 aliphatic rings. The van der Waals surface area contributed by atoms with Crippen LogP contribution in [0, 0.1) is 0 Å². The van der Waals surface area contributed by atoms with Crippen molar-refractivity contribution in [3.63, 3.8) is 0 Å². The Morgan fingerprint density at radius 2 is 0.800 bits per heavy atom. The third-order valence-electron chi connectivity index (χ3n) is 0. The van der Waals surface area contributed by atoms with Crippen LogP contribution in [0.3, 0.4) is 0 Å². The van der Waals surface area contributed by atoms with Crippen LogP contribution in [0.15, 0.2) is 0 Å². The van der Waals surface area contributed by atoms with Crippen molar-refractivity contribution < 1.29 is 30.0 Å². The van der Waals surface area contributed by atoms with Gasteiger partial charge in [0.1, 0.15) is 0 Å². The van der Waals surface area contributed by atoms with Crippen molar-refractivity contribution in [2.45, 2.75) is 0 Å². The molecule has 0 bridgehead atoms. The Morgan fingerprint density at radius 1 is 0.800 bits per heavy atom. The summed E-state index contributed by atoms with van der Waals surface area (Å²) in [6, 6.07) is 0. The Hall–Kier alpha value is 0.343. The summed E-state index contributed by atoms with van der Waals surface area (Å²) >= 11 is -7.25. The van der Waals surface area contributed by atoms with Crippen molar-refractivity contribution in [1.82, 2.24) is 0 Å². The molecule has 0 aromatic heterocycles. The average molecular weight is 141 g/mol. The zero-order valence-electron chi connectivity index (χ0n) is 2.22. The average Bonchev–Trinajstić information content (AvgIpc) is 0.722. The van der Waals surface area contributed by atoms with E-state index in [1.807, 2.05) is 0 Å². The molecule has 0 rings (SSSR count). The number of hydrogen-bond acceptors (Lipinski definition) is 0. The van der Waals surface area contributed by atoms with Gasteiger partial charge in [0.05, 0.1) is 0 Å². The molecule has 30 valence electrons. The summed E-state index contributed by atoms with van der Waals surface area (Å²) < 4.78 is 39.6.